The zero-order chi connectivity index (χ0) is 10.9. The Kier molecular flexibility index (Phi) is 2.96. The maximum Gasteiger partial charge on any atom is 0.332 e. The minimum atomic E-state index is -1.95. The molecule has 1 rings (SSSR count). The van der Waals surface area contributed by atoms with E-state index in [9.17, 15) is 9.59 Å². The normalized spacial score (nSPS) is 31.0. The summed E-state index contributed by atoms with van der Waals surface area (Å²) in [6.07, 6.45) is -0.756. The molecule has 0 aliphatic carbocycles. The summed E-state index contributed by atoms with van der Waals surface area (Å²) in [6.45, 7) is 3.81. The van der Waals surface area contributed by atoms with E-state index in [1.807, 2.05) is 13.1 Å². The lowest BCUT2D eigenvalue weighted by atomic mass is 10.00. The Morgan fingerprint density at radius 1 is 1.29 bits per heavy atom. The standard InChI is InChI=1S/C8H14O5Si/c1-14(2)4-3-5(7(9)10)6(13-14)8(11)12/h5-6H,3-4H2,1-2H3,(H,9,10)(H,11,12). The highest BCUT2D eigenvalue weighted by molar-refractivity contribution is 6.71. The quantitative estimate of drug-likeness (QED) is 0.669. The first-order valence-electron chi connectivity index (χ1n) is 4.47. The summed E-state index contributed by atoms with van der Waals surface area (Å²) >= 11 is 0. The van der Waals surface area contributed by atoms with E-state index in [4.69, 9.17) is 14.6 Å². The monoisotopic (exact) mass is 218 g/mol. The number of rotatable bonds is 2. The third-order valence-corrected chi connectivity index (χ3v) is 4.81. The molecule has 1 fully saturated rings. The van der Waals surface area contributed by atoms with E-state index in [-0.39, 0.29) is 0 Å². The summed E-state index contributed by atoms with van der Waals surface area (Å²) in [5.74, 6) is -3.15. The van der Waals surface area contributed by atoms with E-state index in [1.165, 1.54) is 0 Å². The fourth-order valence-corrected chi connectivity index (χ4v) is 3.69. The van der Waals surface area contributed by atoms with Gasteiger partial charge in [-0.05, 0) is 25.6 Å². The highest BCUT2D eigenvalue weighted by Crippen LogP contribution is 2.30. The van der Waals surface area contributed by atoms with Crippen molar-refractivity contribution in [1.29, 1.82) is 0 Å². The predicted molar refractivity (Wildman–Crippen MR) is 50.5 cm³/mol. The van der Waals surface area contributed by atoms with Gasteiger partial charge in [0.2, 0.25) is 0 Å². The summed E-state index contributed by atoms with van der Waals surface area (Å²) in [4.78, 5) is 21.5. The van der Waals surface area contributed by atoms with Crippen molar-refractivity contribution in [2.45, 2.75) is 31.7 Å². The van der Waals surface area contributed by atoms with Crippen molar-refractivity contribution in [2.24, 2.45) is 5.92 Å². The van der Waals surface area contributed by atoms with Crippen LogP contribution in [-0.2, 0) is 14.0 Å². The van der Waals surface area contributed by atoms with Gasteiger partial charge in [0.25, 0.3) is 0 Å². The first-order valence-corrected chi connectivity index (χ1v) is 7.58. The first kappa shape index (κ1) is 11.2. The number of hydrogen-bond acceptors (Lipinski definition) is 3. The van der Waals surface area contributed by atoms with Gasteiger partial charge in [-0.2, -0.15) is 0 Å². The third-order valence-electron chi connectivity index (χ3n) is 2.43. The molecular weight excluding hydrogens is 204 g/mol. The molecule has 1 heterocycles. The second-order valence-electron chi connectivity index (χ2n) is 4.12. The van der Waals surface area contributed by atoms with Gasteiger partial charge in [-0.25, -0.2) is 4.79 Å². The molecule has 0 aromatic heterocycles. The van der Waals surface area contributed by atoms with Crippen molar-refractivity contribution in [1.82, 2.24) is 0 Å². The van der Waals surface area contributed by atoms with Crippen molar-refractivity contribution in [2.75, 3.05) is 0 Å². The molecule has 5 nitrogen and oxygen atoms in total. The lowest BCUT2D eigenvalue weighted by molar-refractivity contribution is -0.159. The smallest absolute Gasteiger partial charge is 0.332 e. The molecule has 0 bridgehead atoms. The van der Waals surface area contributed by atoms with Crippen LogP contribution in [0.15, 0.2) is 0 Å². The second-order valence-corrected chi connectivity index (χ2v) is 8.37. The van der Waals surface area contributed by atoms with E-state index in [1.54, 1.807) is 0 Å². The molecule has 0 aromatic carbocycles. The summed E-state index contributed by atoms with van der Waals surface area (Å²) in [5, 5.41) is 17.6. The molecule has 0 aromatic rings. The Bertz CT molecular complexity index is 262. The molecule has 2 atom stereocenters. The zero-order valence-electron chi connectivity index (χ0n) is 8.19. The van der Waals surface area contributed by atoms with Crippen LogP contribution in [0.25, 0.3) is 0 Å². The predicted octanol–water partition coefficient (Wildman–Crippen LogP) is 0.766. The van der Waals surface area contributed by atoms with Crippen LogP contribution in [0.3, 0.4) is 0 Å². The summed E-state index contributed by atoms with van der Waals surface area (Å²) in [7, 11) is -1.95. The minimum Gasteiger partial charge on any atom is -0.481 e. The van der Waals surface area contributed by atoms with Gasteiger partial charge in [-0.15, -0.1) is 0 Å². The molecule has 6 heteroatoms. The molecule has 0 saturated carbocycles. The number of hydrogen-bond donors (Lipinski definition) is 2. The largest absolute Gasteiger partial charge is 0.481 e. The molecule has 80 valence electrons. The zero-order valence-corrected chi connectivity index (χ0v) is 9.19. The topological polar surface area (TPSA) is 83.8 Å². The number of carboxylic acid groups (broad SMARTS) is 2. The van der Waals surface area contributed by atoms with Crippen LogP contribution < -0.4 is 0 Å². The van der Waals surface area contributed by atoms with Crippen molar-refractivity contribution in [3.63, 3.8) is 0 Å². The van der Waals surface area contributed by atoms with Crippen LogP contribution in [0.1, 0.15) is 6.42 Å². The highest BCUT2D eigenvalue weighted by atomic mass is 28.4. The summed E-state index contributed by atoms with van der Waals surface area (Å²) < 4.78 is 5.37. The van der Waals surface area contributed by atoms with Gasteiger partial charge in [0.1, 0.15) is 0 Å². The highest BCUT2D eigenvalue weighted by Gasteiger charge is 2.44. The average molecular weight is 218 g/mol. The van der Waals surface area contributed by atoms with Crippen LogP contribution in [0, 0.1) is 5.92 Å². The van der Waals surface area contributed by atoms with Gasteiger partial charge in [0, 0.05) is 0 Å². The van der Waals surface area contributed by atoms with Crippen molar-refractivity contribution in [3.05, 3.63) is 0 Å². The number of carboxylic acids is 2. The Balaban J connectivity index is 2.81. The Morgan fingerprint density at radius 2 is 1.86 bits per heavy atom. The number of carbonyl (C=O) groups is 2. The molecule has 2 N–H and O–H groups in total. The molecule has 1 aliphatic heterocycles. The van der Waals surface area contributed by atoms with Gasteiger partial charge in [0.15, 0.2) is 14.4 Å². The molecule has 0 radical (unpaired) electrons. The minimum absolute atomic E-state index is 0.408. The van der Waals surface area contributed by atoms with Gasteiger partial charge < -0.3 is 14.6 Å². The second kappa shape index (κ2) is 3.70. The number of aliphatic carboxylic acids is 2. The molecule has 0 spiro atoms. The molecular formula is C8H14O5Si. The lowest BCUT2D eigenvalue weighted by Crippen LogP contribution is -2.50. The van der Waals surface area contributed by atoms with Crippen LogP contribution >= 0.6 is 0 Å². The average Bonchev–Trinajstić information content (AvgIpc) is 2.01. The fraction of sp³-hybridized carbons (Fsp3) is 0.750. The molecule has 1 saturated heterocycles. The van der Waals surface area contributed by atoms with Crippen molar-refractivity contribution >= 4 is 20.3 Å². The third kappa shape index (κ3) is 2.33. The lowest BCUT2D eigenvalue weighted by Gasteiger charge is -2.35. The Labute approximate surface area is 82.8 Å². The van der Waals surface area contributed by atoms with E-state index >= 15 is 0 Å². The van der Waals surface area contributed by atoms with Crippen LogP contribution in [0.2, 0.25) is 19.1 Å². The molecule has 1 aliphatic rings. The Hall–Kier alpha value is -0.883. The van der Waals surface area contributed by atoms with Gasteiger partial charge >= 0.3 is 11.9 Å². The fourth-order valence-electron chi connectivity index (χ4n) is 1.61. The van der Waals surface area contributed by atoms with Crippen molar-refractivity contribution < 1.29 is 24.2 Å². The van der Waals surface area contributed by atoms with E-state index in [2.05, 4.69) is 0 Å². The maximum atomic E-state index is 10.8. The van der Waals surface area contributed by atoms with Gasteiger partial charge in [-0.3, -0.25) is 4.79 Å². The maximum absolute atomic E-state index is 10.8. The summed E-state index contributed by atoms with van der Waals surface area (Å²) in [5.41, 5.74) is 0. The molecule has 0 amide bonds. The SMILES string of the molecule is C[Si]1(C)CCC(C(=O)O)C(C(=O)O)O1. The van der Waals surface area contributed by atoms with Crippen LogP contribution in [0.4, 0.5) is 0 Å². The molecule has 2 unspecified atom stereocenters. The van der Waals surface area contributed by atoms with Crippen LogP contribution in [0.5, 0.6) is 0 Å². The Morgan fingerprint density at radius 3 is 2.29 bits per heavy atom. The van der Waals surface area contributed by atoms with Crippen molar-refractivity contribution in [3.8, 4) is 0 Å². The molecule has 14 heavy (non-hydrogen) atoms. The van der Waals surface area contributed by atoms with Crippen LogP contribution in [-0.4, -0.2) is 36.6 Å². The summed E-state index contributed by atoms with van der Waals surface area (Å²) in [6, 6.07) is 0.702. The van der Waals surface area contributed by atoms with E-state index < -0.39 is 32.3 Å². The van der Waals surface area contributed by atoms with E-state index in [0.29, 0.717) is 12.5 Å². The first-order chi connectivity index (χ1) is 6.33. The van der Waals surface area contributed by atoms with Gasteiger partial charge in [-0.1, -0.05) is 0 Å². The van der Waals surface area contributed by atoms with Gasteiger partial charge in [0.05, 0.1) is 5.92 Å². The van der Waals surface area contributed by atoms with E-state index in [0.717, 1.165) is 0 Å².